The fourth-order valence-electron chi connectivity index (χ4n) is 1.49. The van der Waals surface area contributed by atoms with Gasteiger partial charge in [-0.25, -0.2) is 4.39 Å². The van der Waals surface area contributed by atoms with Crippen LogP contribution in [0.5, 0.6) is 5.75 Å². The molecule has 2 aromatic carbocycles. The van der Waals surface area contributed by atoms with Crippen LogP contribution in [-0.2, 0) is 0 Å². The van der Waals surface area contributed by atoms with Gasteiger partial charge < -0.3 is 4.74 Å². The van der Waals surface area contributed by atoms with E-state index in [2.05, 4.69) is 0 Å². The largest absolute Gasteiger partial charge is 0.497 e. The van der Waals surface area contributed by atoms with Crippen LogP contribution in [-0.4, -0.2) is 7.11 Å². The van der Waals surface area contributed by atoms with Crippen molar-refractivity contribution in [3.05, 3.63) is 53.3 Å². The summed E-state index contributed by atoms with van der Waals surface area (Å²) in [6, 6.07) is 11.8. The minimum Gasteiger partial charge on any atom is -0.497 e. The number of benzene rings is 2. The van der Waals surface area contributed by atoms with E-state index in [-0.39, 0.29) is 5.82 Å². The molecule has 0 heterocycles. The molecule has 3 heteroatoms. The zero-order valence-corrected chi connectivity index (χ0v) is 9.46. The summed E-state index contributed by atoms with van der Waals surface area (Å²) in [5.41, 5.74) is 1.75. The van der Waals surface area contributed by atoms with Crippen LogP contribution in [0.4, 0.5) is 4.39 Å². The first-order chi connectivity index (χ1) is 7.70. The third-order valence-corrected chi connectivity index (χ3v) is 2.64. The van der Waals surface area contributed by atoms with Crippen molar-refractivity contribution in [2.75, 3.05) is 7.11 Å². The van der Waals surface area contributed by atoms with E-state index in [0.29, 0.717) is 5.02 Å². The second kappa shape index (κ2) is 4.54. The van der Waals surface area contributed by atoms with Crippen LogP contribution in [0.3, 0.4) is 0 Å². The van der Waals surface area contributed by atoms with Crippen molar-refractivity contribution in [3.63, 3.8) is 0 Å². The Morgan fingerprint density at radius 1 is 1.06 bits per heavy atom. The van der Waals surface area contributed by atoms with Crippen LogP contribution in [0.15, 0.2) is 42.5 Å². The van der Waals surface area contributed by atoms with Gasteiger partial charge in [-0.3, -0.25) is 0 Å². The average molecular weight is 237 g/mol. The van der Waals surface area contributed by atoms with E-state index in [1.54, 1.807) is 13.2 Å². The first kappa shape index (κ1) is 11.0. The predicted octanol–water partition coefficient (Wildman–Crippen LogP) is 4.15. The molecule has 0 N–H and O–H groups in total. The molecule has 82 valence electrons. The molecule has 0 aliphatic heterocycles. The molecule has 0 aliphatic carbocycles. The predicted molar refractivity (Wildman–Crippen MR) is 63.4 cm³/mol. The van der Waals surface area contributed by atoms with Gasteiger partial charge in [0.1, 0.15) is 11.6 Å². The summed E-state index contributed by atoms with van der Waals surface area (Å²) in [5, 5.41) is 0.408. The van der Waals surface area contributed by atoms with Gasteiger partial charge in [-0.05, 0) is 35.9 Å². The lowest BCUT2D eigenvalue weighted by Gasteiger charge is -2.05. The van der Waals surface area contributed by atoms with Gasteiger partial charge in [0.25, 0.3) is 0 Å². The zero-order valence-electron chi connectivity index (χ0n) is 8.71. The van der Waals surface area contributed by atoms with Crippen LogP contribution in [0.25, 0.3) is 11.1 Å². The molecular formula is C13H10ClFO. The fraction of sp³-hybridized carbons (Fsp3) is 0.0769. The van der Waals surface area contributed by atoms with Gasteiger partial charge in [-0.15, -0.1) is 0 Å². The molecule has 0 aromatic heterocycles. The summed E-state index contributed by atoms with van der Waals surface area (Å²) in [6.45, 7) is 0. The van der Waals surface area contributed by atoms with Gasteiger partial charge in [-0.2, -0.15) is 0 Å². The Morgan fingerprint density at radius 2 is 1.75 bits per heavy atom. The summed E-state index contributed by atoms with van der Waals surface area (Å²) < 4.78 is 17.9. The highest BCUT2D eigenvalue weighted by Crippen LogP contribution is 2.29. The van der Waals surface area contributed by atoms with E-state index in [4.69, 9.17) is 16.3 Å². The van der Waals surface area contributed by atoms with Crippen molar-refractivity contribution >= 4 is 11.6 Å². The summed E-state index contributed by atoms with van der Waals surface area (Å²) in [5.74, 6) is 0.448. The SMILES string of the molecule is COc1ccc(-c2ccc(F)cc2Cl)cc1. The highest BCUT2D eigenvalue weighted by Gasteiger charge is 2.04. The van der Waals surface area contributed by atoms with Crippen LogP contribution >= 0.6 is 11.6 Å². The molecule has 0 fully saturated rings. The number of halogens is 2. The Bertz CT molecular complexity index is 494. The Kier molecular flexibility index (Phi) is 3.11. The smallest absolute Gasteiger partial charge is 0.124 e. The quantitative estimate of drug-likeness (QED) is 0.761. The fourth-order valence-corrected chi connectivity index (χ4v) is 1.77. The monoisotopic (exact) mass is 236 g/mol. The summed E-state index contributed by atoms with van der Waals surface area (Å²) in [7, 11) is 1.61. The molecule has 0 radical (unpaired) electrons. The van der Waals surface area contributed by atoms with E-state index in [0.717, 1.165) is 16.9 Å². The lowest BCUT2D eigenvalue weighted by atomic mass is 10.1. The Morgan fingerprint density at radius 3 is 2.31 bits per heavy atom. The number of hydrogen-bond donors (Lipinski definition) is 0. The maximum atomic E-state index is 12.9. The number of ether oxygens (including phenoxy) is 1. The molecule has 0 amide bonds. The number of hydrogen-bond acceptors (Lipinski definition) is 1. The number of methoxy groups -OCH3 is 1. The van der Waals surface area contributed by atoms with E-state index in [9.17, 15) is 4.39 Å². The summed E-state index contributed by atoms with van der Waals surface area (Å²) in [4.78, 5) is 0. The molecule has 0 aliphatic rings. The zero-order chi connectivity index (χ0) is 11.5. The van der Waals surface area contributed by atoms with Gasteiger partial charge in [0.15, 0.2) is 0 Å². The third-order valence-electron chi connectivity index (χ3n) is 2.33. The van der Waals surface area contributed by atoms with Gasteiger partial charge >= 0.3 is 0 Å². The van der Waals surface area contributed by atoms with Crippen molar-refractivity contribution in [3.8, 4) is 16.9 Å². The third kappa shape index (κ3) is 2.17. The Hall–Kier alpha value is -1.54. The number of rotatable bonds is 2. The average Bonchev–Trinajstić information content (AvgIpc) is 2.29. The Labute approximate surface area is 98.4 Å². The first-order valence-corrected chi connectivity index (χ1v) is 5.18. The van der Waals surface area contributed by atoms with Crippen molar-refractivity contribution in [2.45, 2.75) is 0 Å². The van der Waals surface area contributed by atoms with Crippen LogP contribution in [0.1, 0.15) is 0 Å². The van der Waals surface area contributed by atoms with Gasteiger partial charge in [0.05, 0.1) is 12.1 Å². The van der Waals surface area contributed by atoms with E-state index in [1.807, 2.05) is 24.3 Å². The normalized spacial score (nSPS) is 10.2. The van der Waals surface area contributed by atoms with Gasteiger partial charge in [0, 0.05) is 5.56 Å². The molecular weight excluding hydrogens is 227 g/mol. The maximum Gasteiger partial charge on any atom is 0.124 e. The highest BCUT2D eigenvalue weighted by molar-refractivity contribution is 6.33. The molecule has 0 spiro atoms. The summed E-state index contributed by atoms with van der Waals surface area (Å²) >= 11 is 5.97. The van der Waals surface area contributed by atoms with Crippen LogP contribution < -0.4 is 4.74 Å². The summed E-state index contributed by atoms with van der Waals surface area (Å²) in [6.07, 6.45) is 0. The van der Waals surface area contributed by atoms with Gasteiger partial charge in [0.2, 0.25) is 0 Å². The first-order valence-electron chi connectivity index (χ1n) is 4.80. The lowest BCUT2D eigenvalue weighted by molar-refractivity contribution is 0.415. The second-order valence-corrected chi connectivity index (χ2v) is 3.76. The molecule has 0 bridgehead atoms. The maximum absolute atomic E-state index is 12.9. The van der Waals surface area contributed by atoms with Crippen molar-refractivity contribution in [2.24, 2.45) is 0 Å². The van der Waals surface area contributed by atoms with Crippen LogP contribution in [0.2, 0.25) is 5.02 Å². The van der Waals surface area contributed by atoms with E-state index >= 15 is 0 Å². The molecule has 0 unspecified atom stereocenters. The van der Waals surface area contributed by atoms with Crippen LogP contribution in [0, 0.1) is 5.82 Å². The molecule has 2 rings (SSSR count). The topological polar surface area (TPSA) is 9.23 Å². The van der Waals surface area contributed by atoms with E-state index < -0.39 is 0 Å². The minimum atomic E-state index is -0.331. The minimum absolute atomic E-state index is 0.331. The van der Waals surface area contributed by atoms with Crippen molar-refractivity contribution in [1.29, 1.82) is 0 Å². The van der Waals surface area contributed by atoms with Crippen molar-refractivity contribution in [1.82, 2.24) is 0 Å². The molecule has 0 saturated carbocycles. The molecule has 0 atom stereocenters. The molecule has 0 saturated heterocycles. The second-order valence-electron chi connectivity index (χ2n) is 3.35. The van der Waals surface area contributed by atoms with Crippen molar-refractivity contribution < 1.29 is 9.13 Å². The molecule has 16 heavy (non-hydrogen) atoms. The van der Waals surface area contributed by atoms with E-state index in [1.165, 1.54) is 12.1 Å². The molecule has 2 aromatic rings. The van der Waals surface area contributed by atoms with Gasteiger partial charge in [-0.1, -0.05) is 23.7 Å². The molecule has 1 nitrogen and oxygen atoms in total. The highest BCUT2D eigenvalue weighted by atomic mass is 35.5. The Balaban J connectivity index is 2.42. The lowest BCUT2D eigenvalue weighted by Crippen LogP contribution is -1.84. The standard InChI is InChI=1S/C13H10ClFO/c1-16-11-5-2-9(3-6-11)12-7-4-10(15)8-13(12)14/h2-8H,1H3.